The first-order valence-corrected chi connectivity index (χ1v) is 7.29. The van der Waals surface area contributed by atoms with Crippen LogP contribution >= 0.6 is 0 Å². The molecule has 1 aromatic rings. The monoisotopic (exact) mass is 274 g/mol. The molecule has 0 spiro atoms. The fourth-order valence-electron chi connectivity index (χ4n) is 3.44. The lowest BCUT2D eigenvalue weighted by molar-refractivity contribution is 0.196. The minimum absolute atomic E-state index is 0.0492. The van der Waals surface area contributed by atoms with Gasteiger partial charge in [-0.3, -0.25) is 0 Å². The van der Waals surface area contributed by atoms with Crippen molar-refractivity contribution in [2.45, 2.75) is 20.3 Å². The van der Waals surface area contributed by atoms with E-state index in [9.17, 15) is 9.90 Å². The molecule has 0 bridgehead atoms. The molecular formula is C16H22N2O2. The van der Waals surface area contributed by atoms with E-state index in [2.05, 4.69) is 19.2 Å². The van der Waals surface area contributed by atoms with Crippen LogP contribution in [0.25, 0.3) is 0 Å². The molecule has 0 radical (unpaired) electrons. The molecule has 108 valence electrons. The Morgan fingerprint density at radius 1 is 1.40 bits per heavy atom. The van der Waals surface area contributed by atoms with Gasteiger partial charge in [0.2, 0.25) is 0 Å². The van der Waals surface area contributed by atoms with Gasteiger partial charge in [0.25, 0.3) is 0 Å². The van der Waals surface area contributed by atoms with E-state index in [1.807, 2.05) is 17.0 Å². The highest BCUT2D eigenvalue weighted by Crippen LogP contribution is 2.61. The van der Waals surface area contributed by atoms with Crippen LogP contribution in [0.15, 0.2) is 24.3 Å². The van der Waals surface area contributed by atoms with E-state index in [-0.39, 0.29) is 11.8 Å². The highest BCUT2D eigenvalue weighted by atomic mass is 16.3. The van der Waals surface area contributed by atoms with E-state index in [4.69, 9.17) is 0 Å². The van der Waals surface area contributed by atoms with Crippen LogP contribution in [0.5, 0.6) is 5.75 Å². The molecule has 3 rings (SSSR count). The number of nitrogens with zero attached hydrogens (tertiary/aromatic N) is 1. The number of benzene rings is 1. The summed E-state index contributed by atoms with van der Waals surface area (Å²) >= 11 is 0. The average molecular weight is 274 g/mol. The number of amides is 2. The first-order chi connectivity index (χ1) is 9.48. The third-order valence-corrected chi connectivity index (χ3v) is 5.01. The van der Waals surface area contributed by atoms with Gasteiger partial charge in [0.1, 0.15) is 5.75 Å². The van der Waals surface area contributed by atoms with Crippen LogP contribution in [0.3, 0.4) is 0 Å². The molecule has 4 heteroatoms. The van der Waals surface area contributed by atoms with Gasteiger partial charge in [-0.15, -0.1) is 0 Å². The number of phenolic OH excluding ortho intramolecular Hbond substituents is 1. The number of piperidine rings is 1. The van der Waals surface area contributed by atoms with Gasteiger partial charge in [0.05, 0.1) is 0 Å². The molecule has 0 unspecified atom stereocenters. The lowest BCUT2D eigenvalue weighted by Gasteiger charge is -2.22. The van der Waals surface area contributed by atoms with Crippen molar-refractivity contribution < 1.29 is 9.90 Å². The van der Waals surface area contributed by atoms with Gasteiger partial charge < -0.3 is 15.3 Å². The average Bonchev–Trinajstić information content (AvgIpc) is 2.80. The summed E-state index contributed by atoms with van der Waals surface area (Å²) in [6.07, 6.45) is 0.742. The van der Waals surface area contributed by atoms with Gasteiger partial charge in [0, 0.05) is 19.6 Å². The van der Waals surface area contributed by atoms with Crippen LogP contribution in [0.1, 0.15) is 19.4 Å². The Bertz CT molecular complexity index is 513. The summed E-state index contributed by atoms with van der Waals surface area (Å²) in [5, 5.41) is 12.3. The van der Waals surface area contributed by atoms with Crippen molar-refractivity contribution in [3.63, 3.8) is 0 Å². The molecule has 1 aliphatic heterocycles. The quantitative estimate of drug-likeness (QED) is 0.888. The molecule has 2 amide bonds. The Morgan fingerprint density at radius 2 is 2.10 bits per heavy atom. The zero-order chi connectivity index (χ0) is 14.3. The van der Waals surface area contributed by atoms with E-state index in [1.165, 1.54) is 0 Å². The van der Waals surface area contributed by atoms with Crippen LogP contribution < -0.4 is 5.32 Å². The summed E-state index contributed by atoms with van der Waals surface area (Å²) in [6.45, 7) is 6.99. The topological polar surface area (TPSA) is 52.6 Å². The zero-order valence-electron chi connectivity index (χ0n) is 12.1. The number of phenols is 1. The molecule has 2 aliphatic rings. The van der Waals surface area contributed by atoms with Gasteiger partial charge in [0.15, 0.2) is 0 Å². The second-order valence-corrected chi connectivity index (χ2v) is 6.59. The summed E-state index contributed by atoms with van der Waals surface area (Å²) in [6, 6.07) is 7.22. The minimum Gasteiger partial charge on any atom is -0.508 e. The van der Waals surface area contributed by atoms with Crippen LogP contribution in [0.4, 0.5) is 4.79 Å². The fraction of sp³-hybridized carbons (Fsp3) is 0.562. The van der Waals surface area contributed by atoms with E-state index < -0.39 is 0 Å². The van der Waals surface area contributed by atoms with Crippen LogP contribution in [0.2, 0.25) is 0 Å². The number of likely N-dealkylation sites (tertiary alicyclic amines) is 1. The van der Waals surface area contributed by atoms with Crippen molar-refractivity contribution in [3.8, 4) is 5.75 Å². The van der Waals surface area contributed by atoms with E-state index in [1.54, 1.807) is 12.1 Å². The number of carbonyl (C=O) groups is 1. The van der Waals surface area contributed by atoms with Crippen molar-refractivity contribution in [2.24, 2.45) is 17.3 Å². The Kier molecular flexibility index (Phi) is 3.11. The second kappa shape index (κ2) is 4.69. The smallest absolute Gasteiger partial charge is 0.317 e. The SMILES string of the molecule is CC1(C)[C@@H]2CN(C(=O)NCCc3cccc(O)c3)C[C@H]21. The number of nitrogens with one attached hydrogen (secondary N) is 1. The minimum atomic E-state index is 0.0492. The number of carbonyl (C=O) groups excluding carboxylic acids is 1. The Labute approximate surface area is 119 Å². The number of aromatic hydroxyl groups is 1. The second-order valence-electron chi connectivity index (χ2n) is 6.59. The summed E-state index contributed by atoms with van der Waals surface area (Å²) in [5.41, 5.74) is 1.48. The maximum atomic E-state index is 12.0. The number of fused-ring (bicyclic) bond motifs is 1. The van der Waals surface area contributed by atoms with Crippen molar-refractivity contribution >= 4 is 6.03 Å². The molecule has 2 fully saturated rings. The lowest BCUT2D eigenvalue weighted by atomic mass is 10.1. The molecule has 1 saturated heterocycles. The molecule has 0 aromatic heterocycles. The maximum absolute atomic E-state index is 12.0. The third-order valence-electron chi connectivity index (χ3n) is 5.01. The number of rotatable bonds is 3. The molecule has 1 aromatic carbocycles. The van der Waals surface area contributed by atoms with Gasteiger partial charge in [-0.1, -0.05) is 26.0 Å². The molecule has 1 heterocycles. The summed E-state index contributed by atoms with van der Waals surface area (Å²) < 4.78 is 0. The van der Waals surface area contributed by atoms with E-state index in [0.29, 0.717) is 23.8 Å². The van der Waals surface area contributed by atoms with Gasteiger partial charge in [-0.2, -0.15) is 0 Å². The largest absolute Gasteiger partial charge is 0.508 e. The van der Waals surface area contributed by atoms with Gasteiger partial charge in [-0.05, 0) is 41.4 Å². The molecule has 20 heavy (non-hydrogen) atoms. The Morgan fingerprint density at radius 3 is 2.75 bits per heavy atom. The van der Waals surface area contributed by atoms with Gasteiger partial charge >= 0.3 is 6.03 Å². The van der Waals surface area contributed by atoms with Crippen molar-refractivity contribution in [1.82, 2.24) is 10.2 Å². The maximum Gasteiger partial charge on any atom is 0.317 e. The molecule has 4 nitrogen and oxygen atoms in total. The molecule has 1 aliphatic carbocycles. The lowest BCUT2D eigenvalue weighted by Crippen LogP contribution is -2.41. The predicted octanol–water partition coefficient (Wildman–Crippen LogP) is 2.23. The Hall–Kier alpha value is -1.71. The number of hydrogen-bond donors (Lipinski definition) is 2. The first-order valence-electron chi connectivity index (χ1n) is 7.29. The number of hydrogen-bond acceptors (Lipinski definition) is 2. The summed E-state index contributed by atoms with van der Waals surface area (Å²) in [4.78, 5) is 14.0. The summed E-state index contributed by atoms with van der Waals surface area (Å²) in [5.74, 6) is 1.66. The van der Waals surface area contributed by atoms with Gasteiger partial charge in [-0.25, -0.2) is 4.79 Å². The highest BCUT2D eigenvalue weighted by Gasteiger charge is 2.62. The number of urea groups is 1. The molecule has 2 atom stereocenters. The van der Waals surface area contributed by atoms with Crippen molar-refractivity contribution in [1.29, 1.82) is 0 Å². The molecule has 2 N–H and O–H groups in total. The fourth-order valence-corrected chi connectivity index (χ4v) is 3.44. The van der Waals surface area contributed by atoms with Crippen LogP contribution in [-0.2, 0) is 6.42 Å². The van der Waals surface area contributed by atoms with Crippen LogP contribution in [0, 0.1) is 17.3 Å². The zero-order valence-corrected chi connectivity index (χ0v) is 12.1. The van der Waals surface area contributed by atoms with Crippen LogP contribution in [-0.4, -0.2) is 35.7 Å². The van der Waals surface area contributed by atoms with E-state index >= 15 is 0 Å². The first kappa shape index (κ1) is 13.3. The molecular weight excluding hydrogens is 252 g/mol. The molecule has 1 saturated carbocycles. The summed E-state index contributed by atoms with van der Waals surface area (Å²) in [7, 11) is 0. The Balaban J connectivity index is 1.43. The van der Waals surface area contributed by atoms with Crippen molar-refractivity contribution in [2.75, 3.05) is 19.6 Å². The third kappa shape index (κ3) is 2.35. The van der Waals surface area contributed by atoms with E-state index in [0.717, 1.165) is 25.1 Å². The normalized spacial score (nSPS) is 26.2. The standard InChI is InChI=1S/C16H22N2O2/c1-16(2)13-9-18(10-14(13)16)15(20)17-7-6-11-4-3-5-12(19)8-11/h3-5,8,13-14,19H,6-7,9-10H2,1-2H3,(H,17,20)/t13-,14-/m1/s1. The predicted molar refractivity (Wildman–Crippen MR) is 77.5 cm³/mol. The van der Waals surface area contributed by atoms with Crippen molar-refractivity contribution in [3.05, 3.63) is 29.8 Å². The highest BCUT2D eigenvalue weighted by molar-refractivity contribution is 5.74.